The van der Waals surface area contributed by atoms with Gasteiger partial charge < -0.3 is 20.3 Å². The number of benzene rings is 1. The Hall–Kier alpha value is -2.43. The van der Waals surface area contributed by atoms with E-state index in [1.165, 1.54) is 12.4 Å². The molecule has 0 aliphatic carbocycles. The topological polar surface area (TPSA) is 77.6 Å². The predicted molar refractivity (Wildman–Crippen MR) is 63.4 cm³/mol. The summed E-state index contributed by atoms with van der Waals surface area (Å²) in [6, 6.07) is 7.01. The molecule has 1 aromatic heterocycles. The lowest BCUT2D eigenvalue weighted by Crippen LogP contribution is -1.93. The van der Waals surface area contributed by atoms with Crippen LogP contribution in [0.15, 0.2) is 36.7 Å². The number of pyridine rings is 1. The number of rotatable bonds is 3. The second-order valence-corrected chi connectivity index (χ2v) is 3.35. The molecule has 0 bridgehead atoms. The van der Waals surface area contributed by atoms with Crippen LogP contribution in [0.25, 0.3) is 0 Å². The molecule has 1 aromatic carbocycles. The Morgan fingerprint density at radius 1 is 1.12 bits per heavy atom. The molecule has 0 saturated carbocycles. The van der Waals surface area contributed by atoms with E-state index in [2.05, 4.69) is 4.98 Å². The van der Waals surface area contributed by atoms with Gasteiger partial charge in [0.1, 0.15) is 17.2 Å². The molecule has 17 heavy (non-hydrogen) atoms. The van der Waals surface area contributed by atoms with E-state index in [9.17, 15) is 5.11 Å². The molecule has 5 nitrogen and oxygen atoms in total. The maximum absolute atomic E-state index is 9.37. The van der Waals surface area contributed by atoms with Crippen LogP contribution in [0.5, 0.6) is 23.0 Å². The predicted octanol–water partition coefficient (Wildman–Crippen LogP) is 2.17. The molecule has 5 heteroatoms. The number of aromatic hydroxyl groups is 1. The largest absolute Gasteiger partial charge is 0.504 e. The Morgan fingerprint density at radius 2 is 1.76 bits per heavy atom. The van der Waals surface area contributed by atoms with Crippen molar-refractivity contribution in [2.45, 2.75) is 0 Å². The van der Waals surface area contributed by atoms with E-state index in [-0.39, 0.29) is 11.4 Å². The minimum absolute atomic E-state index is 0.101. The molecule has 2 aromatic rings. The van der Waals surface area contributed by atoms with E-state index in [1.54, 1.807) is 31.4 Å². The lowest BCUT2D eigenvalue weighted by atomic mass is 10.3. The van der Waals surface area contributed by atoms with E-state index in [0.717, 1.165) is 5.75 Å². The summed E-state index contributed by atoms with van der Waals surface area (Å²) >= 11 is 0. The molecule has 0 atom stereocenters. The number of nitrogens with zero attached hydrogens (tertiary/aromatic N) is 1. The minimum Gasteiger partial charge on any atom is -0.504 e. The molecule has 88 valence electrons. The Kier molecular flexibility index (Phi) is 3.00. The fraction of sp³-hybridized carbons (Fsp3) is 0.0833. The second kappa shape index (κ2) is 4.61. The molecule has 0 fully saturated rings. The summed E-state index contributed by atoms with van der Waals surface area (Å²) < 4.78 is 10.5. The first-order valence-corrected chi connectivity index (χ1v) is 4.95. The number of hydrogen-bond donors (Lipinski definition) is 2. The van der Waals surface area contributed by atoms with Crippen molar-refractivity contribution in [1.29, 1.82) is 0 Å². The maximum Gasteiger partial charge on any atom is 0.172 e. The van der Waals surface area contributed by atoms with Crippen molar-refractivity contribution >= 4 is 5.69 Å². The molecule has 0 aliphatic rings. The standard InChI is InChI=1S/C12H12N2O3/c1-16-8-2-4-9(5-3-8)17-11-7-14-6-10(15)12(11)13/h2-7,15H,1H3,(H2,13,14). The highest BCUT2D eigenvalue weighted by Crippen LogP contribution is 2.32. The van der Waals surface area contributed by atoms with E-state index < -0.39 is 0 Å². The molecule has 0 radical (unpaired) electrons. The van der Waals surface area contributed by atoms with Crippen molar-refractivity contribution in [3.8, 4) is 23.0 Å². The summed E-state index contributed by atoms with van der Waals surface area (Å²) in [6.07, 6.45) is 2.70. The molecule has 2 rings (SSSR count). The summed E-state index contributed by atoms with van der Waals surface area (Å²) in [5.74, 6) is 1.54. The van der Waals surface area contributed by atoms with Gasteiger partial charge in [-0.15, -0.1) is 0 Å². The Bertz CT molecular complexity index is 512. The summed E-state index contributed by atoms with van der Waals surface area (Å²) in [5, 5.41) is 9.37. The van der Waals surface area contributed by atoms with Crippen LogP contribution in [0.2, 0.25) is 0 Å². The van der Waals surface area contributed by atoms with Gasteiger partial charge in [0.2, 0.25) is 0 Å². The number of nitrogen functional groups attached to an aromatic ring is 1. The summed E-state index contributed by atoms with van der Waals surface area (Å²) in [6.45, 7) is 0. The third-order valence-corrected chi connectivity index (χ3v) is 2.22. The average molecular weight is 232 g/mol. The fourth-order valence-electron chi connectivity index (χ4n) is 1.29. The SMILES string of the molecule is COc1ccc(Oc2cncc(O)c2N)cc1. The molecule has 0 saturated heterocycles. The number of hydrogen-bond acceptors (Lipinski definition) is 5. The lowest BCUT2D eigenvalue weighted by Gasteiger charge is -2.09. The molecule has 3 N–H and O–H groups in total. The third kappa shape index (κ3) is 2.39. The van der Waals surface area contributed by atoms with Crippen molar-refractivity contribution in [3.63, 3.8) is 0 Å². The summed E-state index contributed by atoms with van der Waals surface area (Å²) in [5.41, 5.74) is 5.81. The first-order chi connectivity index (χ1) is 8.20. The molecular weight excluding hydrogens is 220 g/mol. The van der Waals surface area contributed by atoms with Gasteiger partial charge in [-0.25, -0.2) is 0 Å². The highest BCUT2D eigenvalue weighted by Gasteiger charge is 2.06. The normalized spacial score (nSPS) is 9.94. The Morgan fingerprint density at radius 3 is 2.41 bits per heavy atom. The zero-order chi connectivity index (χ0) is 12.3. The zero-order valence-corrected chi connectivity index (χ0v) is 9.25. The van der Waals surface area contributed by atoms with Crippen molar-refractivity contribution in [2.75, 3.05) is 12.8 Å². The van der Waals surface area contributed by atoms with Gasteiger partial charge >= 0.3 is 0 Å². The molecular formula is C12H12N2O3. The van der Waals surface area contributed by atoms with Crippen LogP contribution in [0.1, 0.15) is 0 Å². The van der Waals surface area contributed by atoms with Crippen molar-refractivity contribution in [1.82, 2.24) is 4.98 Å². The number of anilines is 1. The number of ether oxygens (including phenoxy) is 2. The lowest BCUT2D eigenvalue weighted by molar-refractivity contribution is 0.412. The van der Waals surface area contributed by atoms with Crippen molar-refractivity contribution in [3.05, 3.63) is 36.7 Å². The van der Waals surface area contributed by atoms with Crippen LogP contribution in [-0.2, 0) is 0 Å². The number of methoxy groups -OCH3 is 1. The smallest absolute Gasteiger partial charge is 0.172 e. The first-order valence-electron chi connectivity index (χ1n) is 4.95. The van der Waals surface area contributed by atoms with Crippen LogP contribution in [0.4, 0.5) is 5.69 Å². The van der Waals surface area contributed by atoms with E-state index in [1.807, 2.05) is 0 Å². The van der Waals surface area contributed by atoms with Gasteiger partial charge in [0.25, 0.3) is 0 Å². The van der Waals surface area contributed by atoms with Gasteiger partial charge in [0, 0.05) is 0 Å². The van der Waals surface area contributed by atoms with Gasteiger partial charge in [0.05, 0.1) is 19.5 Å². The molecule has 1 heterocycles. The van der Waals surface area contributed by atoms with Crippen LogP contribution in [-0.4, -0.2) is 17.2 Å². The van der Waals surface area contributed by atoms with Crippen LogP contribution in [0.3, 0.4) is 0 Å². The van der Waals surface area contributed by atoms with Crippen LogP contribution < -0.4 is 15.2 Å². The first kappa shape index (κ1) is 11.1. The van der Waals surface area contributed by atoms with Gasteiger partial charge in [-0.05, 0) is 24.3 Å². The van der Waals surface area contributed by atoms with Crippen molar-refractivity contribution < 1.29 is 14.6 Å². The van der Waals surface area contributed by atoms with E-state index in [4.69, 9.17) is 15.2 Å². The van der Waals surface area contributed by atoms with E-state index in [0.29, 0.717) is 11.5 Å². The van der Waals surface area contributed by atoms with E-state index >= 15 is 0 Å². The van der Waals surface area contributed by atoms with Crippen LogP contribution in [0, 0.1) is 0 Å². The number of aromatic nitrogens is 1. The number of nitrogens with two attached hydrogens (primary N) is 1. The molecule has 0 spiro atoms. The highest BCUT2D eigenvalue weighted by atomic mass is 16.5. The van der Waals surface area contributed by atoms with Gasteiger partial charge in [-0.3, -0.25) is 4.98 Å². The quantitative estimate of drug-likeness (QED) is 0.847. The van der Waals surface area contributed by atoms with Crippen molar-refractivity contribution in [2.24, 2.45) is 0 Å². The molecule has 0 aliphatic heterocycles. The molecule has 0 unspecified atom stereocenters. The Balaban J connectivity index is 2.22. The van der Waals surface area contributed by atoms with Crippen LogP contribution >= 0.6 is 0 Å². The summed E-state index contributed by atoms with van der Waals surface area (Å²) in [7, 11) is 1.59. The monoisotopic (exact) mass is 232 g/mol. The maximum atomic E-state index is 9.37. The second-order valence-electron chi connectivity index (χ2n) is 3.35. The van der Waals surface area contributed by atoms with Gasteiger partial charge in [-0.2, -0.15) is 0 Å². The Labute approximate surface area is 98.4 Å². The summed E-state index contributed by atoms with van der Waals surface area (Å²) in [4.78, 5) is 3.80. The highest BCUT2D eigenvalue weighted by molar-refractivity contribution is 5.61. The van der Waals surface area contributed by atoms with Gasteiger partial charge in [-0.1, -0.05) is 0 Å². The van der Waals surface area contributed by atoms with Gasteiger partial charge in [0.15, 0.2) is 11.5 Å². The fourth-order valence-corrected chi connectivity index (χ4v) is 1.29. The zero-order valence-electron chi connectivity index (χ0n) is 9.25. The molecule has 0 amide bonds. The third-order valence-electron chi connectivity index (χ3n) is 2.22. The minimum atomic E-state index is -0.101. The average Bonchev–Trinajstić information content (AvgIpc) is 2.36.